The topological polar surface area (TPSA) is 58.9 Å². The van der Waals surface area contributed by atoms with Crippen LogP contribution in [0.3, 0.4) is 0 Å². The van der Waals surface area contributed by atoms with Crippen LogP contribution in [0, 0.1) is 11.6 Å². The second-order valence-corrected chi connectivity index (χ2v) is 11.3. The number of hydrogen-bond donors (Lipinski definition) is 0. The van der Waals surface area contributed by atoms with Crippen LogP contribution in [0.15, 0.2) is 92.6 Å². The summed E-state index contributed by atoms with van der Waals surface area (Å²) in [5.74, 6) is -2.10. The highest BCUT2D eigenvalue weighted by Crippen LogP contribution is 2.45. The maximum Gasteiger partial charge on any atom is 0.278 e. The number of benzene rings is 4. The van der Waals surface area contributed by atoms with Crippen molar-refractivity contribution >= 4 is 68.0 Å². The summed E-state index contributed by atoms with van der Waals surface area (Å²) >= 11 is 12.7. The molecule has 186 valence electrons. The molecule has 0 spiro atoms. The van der Waals surface area contributed by atoms with E-state index in [9.17, 15) is 18.4 Å². The van der Waals surface area contributed by atoms with Crippen molar-refractivity contribution < 1.29 is 18.4 Å². The smallest absolute Gasteiger partial charge is 0.267 e. The minimum absolute atomic E-state index is 0.136. The molecule has 6 rings (SSSR count). The highest BCUT2D eigenvalue weighted by Gasteiger charge is 2.28. The van der Waals surface area contributed by atoms with E-state index in [0.29, 0.717) is 32.0 Å². The van der Waals surface area contributed by atoms with Gasteiger partial charge in [0.2, 0.25) is 0 Å². The van der Waals surface area contributed by atoms with E-state index in [1.807, 2.05) is 0 Å². The van der Waals surface area contributed by atoms with Gasteiger partial charge in [-0.3, -0.25) is 9.59 Å². The van der Waals surface area contributed by atoms with Gasteiger partial charge in [-0.25, -0.2) is 18.8 Å². The summed E-state index contributed by atoms with van der Waals surface area (Å²) in [6, 6.07) is 19.0. The first-order chi connectivity index (χ1) is 18.3. The van der Waals surface area contributed by atoms with Gasteiger partial charge in [0.1, 0.15) is 11.6 Å². The lowest BCUT2D eigenvalue weighted by Gasteiger charge is -2.12. The first-order valence-electron chi connectivity index (χ1n) is 11.1. The van der Waals surface area contributed by atoms with Crippen LogP contribution in [-0.2, 0) is 0 Å². The Balaban J connectivity index is 1.33. The molecule has 0 fully saturated rings. The molecule has 10 heteroatoms. The van der Waals surface area contributed by atoms with Crippen molar-refractivity contribution in [2.45, 2.75) is 9.79 Å². The molecule has 4 aromatic carbocycles. The lowest BCUT2D eigenvalue weighted by atomic mass is 10.00. The number of halogens is 4. The first-order valence-corrected chi connectivity index (χ1v) is 14.0. The van der Waals surface area contributed by atoms with Crippen LogP contribution in [0.1, 0.15) is 43.0 Å². The Labute approximate surface area is 233 Å². The molecule has 2 heterocycles. The molecule has 4 aromatic rings. The number of carbonyl (C=O) groups excluding carboxylic acids is 2. The number of amides is 2. The number of carbonyl (C=O) groups is 2. The van der Waals surface area contributed by atoms with Gasteiger partial charge in [0.25, 0.3) is 11.8 Å². The normalized spacial score (nSPS) is 13.9. The molecule has 0 N–H and O–H groups in total. The summed E-state index contributed by atoms with van der Waals surface area (Å²) in [7, 11) is 2.37. The molecule has 0 bridgehead atoms. The second kappa shape index (κ2) is 9.78. The Hall–Kier alpha value is -3.30. The van der Waals surface area contributed by atoms with Crippen molar-refractivity contribution in [2.24, 2.45) is 9.98 Å². The number of nitrogens with zero attached hydrogens (tertiary/aromatic N) is 2. The largest absolute Gasteiger partial charge is 0.278 e. The minimum Gasteiger partial charge on any atom is -0.267 e. The Bertz CT molecular complexity index is 1640. The molecule has 38 heavy (non-hydrogen) atoms. The molecule has 0 saturated heterocycles. The van der Waals surface area contributed by atoms with Gasteiger partial charge >= 0.3 is 0 Å². The molecule has 2 aliphatic rings. The number of aliphatic imine (C=N–C) groups is 2. The van der Waals surface area contributed by atoms with Gasteiger partial charge in [0.15, 0.2) is 0 Å². The van der Waals surface area contributed by atoms with Gasteiger partial charge in [-0.2, -0.15) is 0 Å². The Morgan fingerprint density at radius 1 is 0.553 bits per heavy atom. The summed E-state index contributed by atoms with van der Waals surface area (Å²) in [5.41, 5.74) is 2.63. The van der Waals surface area contributed by atoms with Gasteiger partial charge in [-0.05, 0) is 36.4 Å². The third kappa shape index (κ3) is 4.27. The lowest BCUT2D eigenvalue weighted by molar-refractivity contribution is 0.0998. The predicted octanol–water partition coefficient (Wildman–Crippen LogP) is 8.05. The van der Waals surface area contributed by atoms with Crippen molar-refractivity contribution in [2.75, 3.05) is 0 Å². The molecule has 0 aromatic heterocycles. The quantitative estimate of drug-likeness (QED) is 0.224. The van der Waals surface area contributed by atoms with Crippen molar-refractivity contribution in [3.63, 3.8) is 0 Å². The Morgan fingerprint density at radius 2 is 0.921 bits per heavy atom. The van der Waals surface area contributed by atoms with Crippen molar-refractivity contribution in [3.8, 4) is 0 Å². The molecular formula is C28H12Cl2F2N2O2S2. The first kappa shape index (κ1) is 25.0. The minimum atomic E-state index is -0.614. The molecule has 2 aliphatic heterocycles. The van der Waals surface area contributed by atoms with Gasteiger partial charge in [-0.1, -0.05) is 81.2 Å². The fraction of sp³-hybridized carbons (Fsp3) is 0. The second-order valence-electron chi connectivity index (χ2n) is 8.31. The van der Waals surface area contributed by atoms with Crippen molar-refractivity contribution in [3.05, 3.63) is 128 Å². The third-order valence-corrected chi connectivity index (χ3v) is 9.32. The Kier molecular flexibility index (Phi) is 6.44. The van der Waals surface area contributed by atoms with Gasteiger partial charge < -0.3 is 0 Å². The molecule has 0 saturated carbocycles. The SMILES string of the molecule is O=C1N=C(c2cc(SSc3cc(C4=NC(=O)c5ccccc54)c(F)cc3Cl)c(Cl)cc2F)c2ccccc21. The van der Waals surface area contributed by atoms with Crippen LogP contribution in [0.4, 0.5) is 8.78 Å². The summed E-state index contributed by atoms with van der Waals surface area (Å²) in [6.45, 7) is 0. The van der Waals surface area contributed by atoms with E-state index < -0.39 is 23.4 Å². The highest BCUT2D eigenvalue weighted by atomic mass is 35.5. The molecule has 0 unspecified atom stereocenters. The predicted molar refractivity (Wildman–Crippen MR) is 147 cm³/mol. The van der Waals surface area contributed by atoms with Gasteiger partial charge in [0.05, 0.1) is 32.6 Å². The fourth-order valence-electron chi connectivity index (χ4n) is 4.25. The summed E-state index contributed by atoms with van der Waals surface area (Å²) in [4.78, 5) is 33.7. The van der Waals surface area contributed by atoms with Crippen LogP contribution >= 0.6 is 44.8 Å². The van der Waals surface area contributed by atoms with Crippen LogP contribution in [0.5, 0.6) is 0 Å². The zero-order chi connectivity index (χ0) is 26.6. The van der Waals surface area contributed by atoms with Gasteiger partial charge in [-0.15, -0.1) is 0 Å². The molecule has 4 nitrogen and oxygen atoms in total. The van der Waals surface area contributed by atoms with E-state index in [1.165, 1.54) is 45.9 Å². The van der Waals surface area contributed by atoms with Gasteiger partial charge in [0, 0.05) is 32.0 Å². The van der Waals surface area contributed by atoms with Crippen LogP contribution in [-0.4, -0.2) is 23.2 Å². The van der Waals surface area contributed by atoms with Crippen LogP contribution in [0.25, 0.3) is 0 Å². The average Bonchev–Trinajstić information content (AvgIpc) is 3.41. The number of fused-ring (bicyclic) bond motifs is 2. The van der Waals surface area contributed by atoms with E-state index in [2.05, 4.69) is 9.98 Å². The lowest BCUT2D eigenvalue weighted by Crippen LogP contribution is -2.04. The van der Waals surface area contributed by atoms with Crippen LogP contribution < -0.4 is 0 Å². The Morgan fingerprint density at radius 3 is 1.32 bits per heavy atom. The molecule has 0 aliphatic carbocycles. The zero-order valence-corrected chi connectivity index (χ0v) is 22.1. The maximum atomic E-state index is 15.0. The van der Waals surface area contributed by atoms with E-state index >= 15 is 0 Å². The highest BCUT2D eigenvalue weighted by molar-refractivity contribution is 8.76. The standard InChI is InChI=1S/C28H12Cl2F2N2O2S2/c29-19-11-21(31)17(25-13-5-1-3-7-15(13)27(35)33-25)9-23(19)37-38-24-10-18(22(32)12-20(24)30)26-14-6-2-4-8-16(14)28(36)34-26/h1-12H. The maximum absolute atomic E-state index is 15.0. The summed E-state index contributed by atoms with van der Waals surface area (Å²) < 4.78 is 29.9. The molecule has 0 radical (unpaired) electrons. The summed E-state index contributed by atoms with van der Waals surface area (Å²) in [5, 5.41) is 0.306. The van der Waals surface area contributed by atoms with E-state index in [0.717, 1.165) is 0 Å². The molecule has 2 amide bonds. The van der Waals surface area contributed by atoms with Crippen LogP contribution in [0.2, 0.25) is 10.0 Å². The zero-order valence-electron chi connectivity index (χ0n) is 19.0. The monoisotopic (exact) mass is 580 g/mol. The molecular weight excluding hydrogens is 569 g/mol. The fourth-order valence-corrected chi connectivity index (χ4v) is 7.21. The van der Waals surface area contributed by atoms with E-state index in [4.69, 9.17) is 23.2 Å². The molecule has 0 atom stereocenters. The number of hydrogen-bond acceptors (Lipinski definition) is 4. The average molecular weight is 581 g/mol. The van der Waals surface area contributed by atoms with Crippen molar-refractivity contribution in [1.82, 2.24) is 0 Å². The number of rotatable bonds is 5. The van der Waals surface area contributed by atoms with E-state index in [1.54, 1.807) is 48.5 Å². The summed E-state index contributed by atoms with van der Waals surface area (Å²) in [6.07, 6.45) is 0. The van der Waals surface area contributed by atoms with E-state index in [-0.39, 0.29) is 32.6 Å². The van der Waals surface area contributed by atoms with Crippen molar-refractivity contribution in [1.29, 1.82) is 0 Å². The third-order valence-electron chi connectivity index (χ3n) is 6.03.